The van der Waals surface area contributed by atoms with Gasteiger partial charge in [-0.25, -0.2) is 4.79 Å². The Kier molecular flexibility index (Phi) is 4.75. The fraction of sp³-hybridized carbons (Fsp3) is 0.235. The number of halogens is 1. The summed E-state index contributed by atoms with van der Waals surface area (Å²) in [7, 11) is 0. The summed E-state index contributed by atoms with van der Waals surface area (Å²) in [6, 6.07) is 17.0. The molecule has 3 rings (SSSR count). The van der Waals surface area contributed by atoms with Crippen molar-refractivity contribution in [1.82, 2.24) is 4.90 Å². The average Bonchev–Trinajstić information content (AvgIpc) is 2.56. The molecule has 1 aliphatic rings. The Hall–Kier alpha value is -1.85. The van der Waals surface area contributed by atoms with Crippen LogP contribution in [0.1, 0.15) is 11.7 Å². The van der Waals surface area contributed by atoms with Gasteiger partial charge in [-0.2, -0.15) is 0 Å². The van der Waals surface area contributed by atoms with Gasteiger partial charge in [0.05, 0.1) is 13.2 Å². The highest BCUT2D eigenvalue weighted by molar-refractivity contribution is 9.10. The number of para-hydroxylation sites is 1. The Morgan fingerprint density at radius 1 is 1.14 bits per heavy atom. The lowest BCUT2D eigenvalue weighted by molar-refractivity contribution is -0.0218. The second-order valence-corrected chi connectivity index (χ2v) is 5.95. The molecule has 1 fully saturated rings. The van der Waals surface area contributed by atoms with Gasteiger partial charge in [-0.3, -0.25) is 0 Å². The summed E-state index contributed by atoms with van der Waals surface area (Å²) in [6.45, 7) is 1.54. The quantitative estimate of drug-likeness (QED) is 0.810. The molecule has 1 saturated heterocycles. The van der Waals surface area contributed by atoms with Crippen molar-refractivity contribution in [3.63, 3.8) is 0 Å². The highest BCUT2D eigenvalue weighted by atomic mass is 79.9. The predicted molar refractivity (Wildman–Crippen MR) is 86.9 cm³/mol. The lowest BCUT2D eigenvalue weighted by atomic mass is 10.1. The minimum Gasteiger partial charge on any atom is -0.410 e. The first-order valence-corrected chi connectivity index (χ1v) is 7.90. The van der Waals surface area contributed by atoms with Crippen molar-refractivity contribution < 1.29 is 14.3 Å². The summed E-state index contributed by atoms with van der Waals surface area (Å²) in [4.78, 5) is 13.9. The maximum atomic E-state index is 12.2. The number of carbonyl (C=O) groups excluding carboxylic acids is 1. The van der Waals surface area contributed by atoms with E-state index in [9.17, 15) is 4.79 Å². The second-order valence-electron chi connectivity index (χ2n) is 5.04. The molecule has 1 aliphatic heterocycles. The average molecular weight is 362 g/mol. The molecule has 114 valence electrons. The number of amides is 1. The summed E-state index contributed by atoms with van der Waals surface area (Å²) in [6.07, 6.45) is -0.457. The Bertz CT molecular complexity index is 630. The van der Waals surface area contributed by atoms with Crippen LogP contribution in [0.3, 0.4) is 0 Å². The van der Waals surface area contributed by atoms with Gasteiger partial charge in [0.25, 0.3) is 0 Å². The Morgan fingerprint density at radius 2 is 1.86 bits per heavy atom. The van der Waals surface area contributed by atoms with Crippen LogP contribution in [-0.4, -0.2) is 30.7 Å². The molecule has 0 saturated carbocycles. The van der Waals surface area contributed by atoms with Crippen molar-refractivity contribution in [2.45, 2.75) is 6.10 Å². The number of benzene rings is 2. The molecular formula is C17H16BrNO3. The Balaban J connectivity index is 1.65. The molecule has 1 heterocycles. The Labute approximate surface area is 137 Å². The van der Waals surface area contributed by atoms with Crippen LogP contribution >= 0.6 is 15.9 Å². The van der Waals surface area contributed by atoms with Crippen molar-refractivity contribution in [3.8, 4) is 5.75 Å². The van der Waals surface area contributed by atoms with Crippen LogP contribution < -0.4 is 4.74 Å². The highest BCUT2D eigenvalue weighted by Gasteiger charge is 2.26. The summed E-state index contributed by atoms with van der Waals surface area (Å²) in [5, 5.41) is 0. The molecule has 4 nitrogen and oxygen atoms in total. The molecule has 2 aromatic carbocycles. The van der Waals surface area contributed by atoms with E-state index in [4.69, 9.17) is 9.47 Å². The van der Waals surface area contributed by atoms with Crippen molar-refractivity contribution in [3.05, 3.63) is 64.6 Å². The number of hydrogen-bond acceptors (Lipinski definition) is 3. The normalized spacial score (nSPS) is 18.0. The van der Waals surface area contributed by atoms with E-state index in [2.05, 4.69) is 15.9 Å². The molecule has 0 unspecified atom stereocenters. The van der Waals surface area contributed by atoms with Crippen LogP contribution in [0.25, 0.3) is 0 Å². The van der Waals surface area contributed by atoms with Crippen LogP contribution in [0.15, 0.2) is 59.1 Å². The molecule has 2 aromatic rings. The van der Waals surface area contributed by atoms with Gasteiger partial charge in [0.15, 0.2) is 0 Å². The molecule has 22 heavy (non-hydrogen) atoms. The fourth-order valence-electron chi connectivity index (χ4n) is 2.35. The maximum Gasteiger partial charge on any atom is 0.415 e. The van der Waals surface area contributed by atoms with E-state index in [-0.39, 0.29) is 12.2 Å². The van der Waals surface area contributed by atoms with Crippen molar-refractivity contribution in [1.29, 1.82) is 0 Å². The molecule has 1 atom stereocenters. The van der Waals surface area contributed by atoms with E-state index in [1.54, 1.807) is 17.0 Å². The predicted octanol–water partition coefficient (Wildman–Crippen LogP) is 4.02. The SMILES string of the molecule is O=C(Oc1ccccc1)N1CCO[C@H](c2ccc(Br)cc2)C1. The van der Waals surface area contributed by atoms with Crippen LogP contribution in [-0.2, 0) is 4.74 Å². The van der Waals surface area contributed by atoms with Crippen molar-refractivity contribution in [2.24, 2.45) is 0 Å². The summed E-state index contributed by atoms with van der Waals surface area (Å²) >= 11 is 3.42. The third kappa shape index (κ3) is 3.67. The van der Waals surface area contributed by atoms with Gasteiger partial charge in [0.1, 0.15) is 11.9 Å². The minimum absolute atomic E-state index is 0.120. The van der Waals surface area contributed by atoms with E-state index >= 15 is 0 Å². The maximum absolute atomic E-state index is 12.2. The molecule has 1 amide bonds. The standard InChI is InChI=1S/C17H16BrNO3/c18-14-8-6-13(7-9-14)16-12-19(10-11-21-16)17(20)22-15-4-2-1-3-5-15/h1-9,16H,10-12H2/t16-/m0/s1. The van der Waals surface area contributed by atoms with Gasteiger partial charge >= 0.3 is 6.09 Å². The van der Waals surface area contributed by atoms with Crippen molar-refractivity contribution >= 4 is 22.0 Å². The molecule has 0 bridgehead atoms. The monoisotopic (exact) mass is 361 g/mol. The van der Waals surface area contributed by atoms with Crippen LogP contribution in [0.5, 0.6) is 5.75 Å². The molecule has 0 spiro atoms. The zero-order chi connectivity index (χ0) is 15.4. The zero-order valence-electron chi connectivity index (χ0n) is 11.9. The van der Waals surface area contributed by atoms with E-state index in [0.29, 0.717) is 25.4 Å². The topological polar surface area (TPSA) is 38.8 Å². The molecule has 0 aliphatic carbocycles. The first-order chi connectivity index (χ1) is 10.7. The van der Waals surface area contributed by atoms with Gasteiger partial charge in [-0.1, -0.05) is 46.3 Å². The highest BCUT2D eigenvalue weighted by Crippen LogP contribution is 2.24. The Morgan fingerprint density at radius 3 is 2.59 bits per heavy atom. The third-order valence-corrected chi connectivity index (χ3v) is 4.04. The number of carbonyl (C=O) groups is 1. The van der Waals surface area contributed by atoms with E-state index in [1.165, 1.54) is 0 Å². The molecule has 0 radical (unpaired) electrons. The third-order valence-electron chi connectivity index (χ3n) is 3.51. The summed E-state index contributed by atoms with van der Waals surface area (Å²) in [5.41, 5.74) is 1.06. The van der Waals surface area contributed by atoms with Crippen LogP contribution in [0.2, 0.25) is 0 Å². The minimum atomic E-state index is -0.336. The fourth-order valence-corrected chi connectivity index (χ4v) is 2.61. The molecular weight excluding hydrogens is 346 g/mol. The van der Waals surface area contributed by atoms with E-state index < -0.39 is 0 Å². The number of nitrogens with zero attached hydrogens (tertiary/aromatic N) is 1. The second kappa shape index (κ2) is 6.94. The first kappa shape index (κ1) is 15.1. The molecule has 5 heteroatoms. The van der Waals surface area contributed by atoms with Gasteiger partial charge in [0.2, 0.25) is 0 Å². The van der Waals surface area contributed by atoms with Crippen LogP contribution in [0, 0.1) is 0 Å². The molecule has 0 aromatic heterocycles. The first-order valence-electron chi connectivity index (χ1n) is 7.11. The van der Waals surface area contributed by atoms with Crippen molar-refractivity contribution in [2.75, 3.05) is 19.7 Å². The zero-order valence-corrected chi connectivity index (χ0v) is 13.5. The van der Waals surface area contributed by atoms with Gasteiger partial charge < -0.3 is 14.4 Å². The van der Waals surface area contributed by atoms with Gasteiger partial charge in [-0.05, 0) is 29.8 Å². The number of ether oxygens (including phenoxy) is 2. The van der Waals surface area contributed by atoms with E-state index in [0.717, 1.165) is 10.0 Å². The van der Waals surface area contributed by atoms with E-state index in [1.807, 2.05) is 42.5 Å². The summed E-state index contributed by atoms with van der Waals surface area (Å²) in [5.74, 6) is 0.555. The smallest absolute Gasteiger partial charge is 0.410 e. The number of morpholine rings is 1. The van der Waals surface area contributed by atoms with Gasteiger partial charge in [-0.15, -0.1) is 0 Å². The lowest BCUT2D eigenvalue weighted by Crippen LogP contribution is -2.43. The van der Waals surface area contributed by atoms with Gasteiger partial charge in [0, 0.05) is 11.0 Å². The number of hydrogen-bond donors (Lipinski definition) is 0. The number of rotatable bonds is 2. The summed E-state index contributed by atoms with van der Waals surface area (Å²) < 4.78 is 12.2. The largest absolute Gasteiger partial charge is 0.415 e. The molecule has 0 N–H and O–H groups in total. The lowest BCUT2D eigenvalue weighted by Gasteiger charge is -2.32. The van der Waals surface area contributed by atoms with Crippen LogP contribution in [0.4, 0.5) is 4.79 Å².